The summed E-state index contributed by atoms with van der Waals surface area (Å²) in [6.45, 7) is 6.22. The summed E-state index contributed by atoms with van der Waals surface area (Å²) in [5, 5.41) is 18.4. The van der Waals surface area contributed by atoms with E-state index < -0.39 is 47.9 Å². The maximum absolute atomic E-state index is 11.2. The topological polar surface area (TPSA) is 112 Å². The first kappa shape index (κ1) is 15.2. The lowest BCUT2D eigenvalue weighted by atomic mass is 10.0. The lowest BCUT2D eigenvalue weighted by Crippen LogP contribution is -2.47. The van der Waals surface area contributed by atoms with Crippen LogP contribution in [0.3, 0.4) is 0 Å². The van der Waals surface area contributed by atoms with E-state index in [9.17, 15) is 19.8 Å². The van der Waals surface area contributed by atoms with Crippen LogP contribution in [0.4, 0.5) is 0 Å². The third kappa shape index (κ3) is 2.78. The van der Waals surface area contributed by atoms with Crippen LogP contribution in [-0.4, -0.2) is 58.1 Å². The molecule has 0 bridgehead atoms. The van der Waals surface area contributed by atoms with E-state index in [4.69, 9.17) is 18.9 Å². The summed E-state index contributed by atoms with van der Waals surface area (Å²) in [6.07, 6.45) is -4.75. The van der Waals surface area contributed by atoms with Crippen LogP contribution in [0.1, 0.15) is 27.7 Å². The maximum Gasteiger partial charge on any atom is 0.335 e. The molecule has 2 aliphatic rings. The molecule has 0 spiro atoms. The van der Waals surface area contributed by atoms with Crippen molar-refractivity contribution in [2.45, 2.75) is 63.7 Å². The van der Waals surface area contributed by atoms with Gasteiger partial charge in [0, 0.05) is 0 Å². The molecule has 0 radical (unpaired) electrons. The molecule has 8 nitrogen and oxygen atoms in total. The Morgan fingerprint density at radius 2 is 1.05 bits per heavy atom. The van der Waals surface area contributed by atoms with Gasteiger partial charge < -0.3 is 29.2 Å². The Balaban J connectivity index is 2.28. The minimum absolute atomic E-state index is 1.06. The Labute approximate surface area is 115 Å². The van der Waals surface area contributed by atoms with Crippen molar-refractivity contribution in [3.8, 4) is 0 Å². The van der Waals surface area contributed by atoms with Crippen molar-refractivity contribution in [1.29, 1.82) is 0 Å². The van der Waals surface area contributed by atoms with E-state index in [2.05, 4.69) is 0 Å². The average Bonchev–Trinajstić information content (AvgIpc) is 2.75. The predicted octanol–water partition coefficient (Wildman–Crippen LogP) is 0.196. The van der Waals surface area contributed by atoms with Crippen LogP contribution in [0.15, 0.2) is 0 Å². The van der Waals surface area contributed by atoms with Crippen LogP contribution in [0, 0.1) is 0 Å². The fraction of sp³-hybridized carbons (Fsp3) is 0.833. The molecule has 4 atom stereocenters. The molecule has 2 saturated heterocycles. The summed E-state index contributed by atoms with van der Waals surface area (Å²) in [5.41, 5.74) is 0. The van der Waals surface area contributed by atoms with Gasteiger partial charge in [-0.05, 0) is 27.7 Å². The van der Waals surface area contributed by atoms with Crippen molar-refractivity contribution in [3.05, 3.63) is 0 Å². The number of carboxylic acid groups (broad SMARTS) is 2. The van der Waals surface area contributed by atoms with Gasteiger partial charge in [0.05, 0.1) is 0 Å². The Morgan fingerprint density at radius 1 is 0.750 bits per heavy atom. The summed E-state index contributed by atoms with van der Waals surface area (Å²) < 4.78 is 21.6. The molecule has 2 N–H and O–H groups in total. The van der Waals surface area contributed by atoms with Gasteiger partial charge in [0.2, 0.25) is 0 Å². The van der Waals surface area contributed by atoms with E-state index in [1.807, 2.05) is 0 Å². The van der Waals surface area contributed by atoms with E-state index in [0.29, 0.717) is 0 Å². The molecule has 0 amide bonds. The molecule has 20 heavy (non-hydrogen) atoms. The highest BCUT2D eigenvalue weighted by Gasteiger charge is 2.57. The first-order valence-corrected chi connectivity index (χ1v) is 6.19. The number of hydrogen-bond acceptors (Lipinski definition) is 6. The van der Waals surface area contributed by atoms with Crippen molar-refractivity contribution in [3.63, 3.8) is 0 Å². The Kier molecular flexibility index (Phi) is 3.53. The average molecular weight is 290 g/mol. The van der Waals surface area contributed by atoms with Gasteiger partial charge in [-0.15, -0.1) is 0 Å². The van der Waals surface area contributed by atoms with Crippen LogP contribution in [0.2, 0.25) is 0 Å². The highest BCUT2D eigenvalue weighted by Crippen LogP contribution is 2.38. The fourth-order valence-electron chi connectivity index (χ4n) is 2.44. The number of aliphatic carboxylic acids is 2. The first-order chi connectivity index (χ1) is 9.02. The van der Waals surface area contributed by atoms with Crippen molar-refractivity contribution in [2.75, 3.05) is 0 Å². The van der Waals surface area contributed by atoms with Crippen LogP contribution in [-0.2, 0) is 28.5 Å². The monoisotopic (exact) mass is 290 g/mol. The molecule has 2 fully saturated rings. The molecule has 2 rings (SSSR count). The standard InChI is InChI=1S/C12H18O8/c1-11(2)17-5(7(19-11)9(13)14)6-8(10(15)16)20-12(3,4)18-6/h5-8H,1-4H3,(H,13,14)(H,15,16)/t5-,6?,7?,8-/m0/s1. The van der Waals surface area contributed by atoms with E-state index in [-0.39, 0.29) is 0 Å². The summed E-state index contributed by atoms with van der Waals surface area (Å²) >= 11 is 0. The van der Waals surface area contributed by atoms with E-state index >= 15 is 0 Å². The number of rotatable bonds is 3. The normalized spacial score (nSPS) is 38.8. The second kappa shape index (κ2) is 4.66. The van der Waals surface area contributed by atoms with Gasteiger partial charge in [-0.2, -0.15) is 0 Å². The van der Waals surface area contributed by atoms with Crippen LogP contribution in [0.25, 0.3) is 0 Å². The van der Waals surface area contributed by atoms with Gasteiger partial charge in [0.1, 0.15) is 12.2 Å². The second-order valence-corrected chi connectivity index (χ2v) is 5.72. The van der Waals surface area contributed by atoms with E-state index in [1.165, 1.54) is 0 Å². The van der Waals surface area contributed by atoms with Crippen molar-refractivity contribution >= 4 is 11.9 Å². The number of carboxylic acids is 2. The third-order valence-electron chi connectivity index (χ3n) is 3.07. The predicted molar refractivity (Wildman–Crippen MR) is 62.9 cm³/mol. The molecule has 0 aromatic rings. The molecule has 0 aromatic carbocycles. The molecule has 2 heterocycles. The van der Waals surface area contributed by atoms with Gasteiger partial charge in [0.25, 0.3) is 0 Å². The lowest BCUT2D eigenvalue weighted by Gasteiger charge is -2.23. The molecule has 0 saturated carbocycles. The van der Waals surface area contributed by atoms with Gasteiger partial charge in [0.15, 0.2) is 23.8 Å². The summed E-state index contributed by atoms with van der Waals surface area (Å²) in [5.74, 6) is -4.74. The van der Waals surface area contributed by atoms with E-state index in [1.54, 1.807) is 27.7 Å². The Bertz CT molecular complexity index is 389. The summed E-state index contributed by atoms with van der Waals surface area (Å²) in [6, 6.07) is 0. The van der Waals surface area contributed by atoms with Crippen molar-refractivity contribution in [2.24, 2.45) is 0 Å². The minimum Gasteiger partial charge on any atom is -0.479 e. The zero-order valence-electron chi connectivity index (χ0n) is 11.7. The van der Waals surface area contributed by atoms with Crippen LogP contribution >= 0.6 is 0 Å². The summed E-state index contributed by atoms with van der Waals surface area (Å²) in [4.78, 5) is 22.5. The first-order valence-electron chi connectivity index (χ1n) is 6.19. The quantitative estimate of drug-likeness (QED) is 0.758. The van der Waals surface area contributed by atoms with E-state index in [0.717, 1.165) is 0 Å². The van der Waals surface area contributed by atoms with Gasteiger partial charge in [-0.1, -0.05) is 0 Å². The molecule has 8 heteroatoms. The van der Waals surface area contributed by atoms with Crippen LogP contribution < -0.4 is 0 Å². The Morgan fingerprint density at radius 3 is 1.30 bits per heavy atom. The molecule has 0 aliphatic carbocycles. The molecular formula is C12H18O8. The largest absolute Gasteiger partial charge is 0.479 e. The third-order valence-corrected chi connectivity index (χ3v) is 3.07. The number of hydrogen-bond donors (Lipinski definition) is 2. The molecular weight excluding hydrogens is 272 g/mol. The lowest BCUT2D eigenvalue weighted by molar-refractivity contribution is -0.176. The smallest absolute Gasteiger partial charge is 0.335 e. The molecule has 2 unspecified atom stereocenters. The number of carbonyl (C=O) groups is 2. The Hall–Kier alpha value is -1.22. The maximum atomic E-state index is 11.2. The van der Waals surface area contributed by atoms with Gasteiger partial charge >= 0.3 is 11.9 Å². The molecule has 0 aromatic heterocycles. The highest BCUT2D eigenvalue weighted by molar-refractivity contribution is 5.76. The summed E-state index contributed by atoms with van der Waals surface area (Å²) in [7, 11) is 0. The second-order valence-electron chi connectivity index (χ2n) is 5.72. The minimum atomic E-state index is -1.31. The van der Waals surface area contributed by atoms with Crippen LogP contribution in [0.5, 0.6) is 0 Å². The fourth-order valence-corrected chi connectivity index (χ4v) is 2.44. The zero-order chi connectivity index (χ0) is 15.3. The SMILES string of the molecule is CC1(C)OC(C(=O)O)[C@H](C2OC(C)(C)O[C@@H]2C(=O)O)O1. The van der Waals surface area contributed by atoms with Gasteiger partial charge in [-0.3, -0.25) is 0 Å². The van der Waals surface area contributed by atoms with Crippen molar-refractivity contribution in [1.82, 2.24) is 0 Å². The highest BCUT2D eigenvalue weighted by atomic mass is 16.8. The number of ether oxygens (including phenoxy) is 4. The van der Waals surface area contributed by atoms with Gasteiger partial charge in [-0.25, -0.2) is 9.59 Å². The van der Waals surface area contributed by atoms with Crippen molar-refractivity contribution < 1.29 is 38.7 Å². The zero-order valence-corrected chi connectivity index (χ0v) is 11.7. The molecule has 114 valence electrons. The molecule has 2 aliphatic heterocycles.